The van der Waals surface area contributed by atoms with Crippen molar-refractivity contribution in [3.63, 3.8) is 0 Å². The lowest BCUT2D eigenvalue weighted by Gasteiger charge is -2.24. The van der Waals surface area contributed by atoms with Gasteiger partial charge in [0.15, 0.2) is 0 Å². The Kier molecular flexibility index (Phi) is 13.7. The maximum absolute atomic E-state index is 9.54. The SMILES string of the molecule is CN(Cc1ccco1)Cn1cc(C#N)c(-c2cccc(Cl)c2Cl)c1.N#CCCN(CC1CCCO1)Cn1cc(C#N)c(-c2cccc(Cl)c2Cl)c1. The third kappa shape index (κ3) is 9.98. The molecule has 6 rings (SSSR count). The van der Waals surface area contributed by atoms with Gasteiger partial charge in [0.1, 0.15) is 17.9 Å². The predicted molar refractivity (Wildman–Crippen MR) is 200 cm³/mol. The predicted octanol–water partition coefficient (Wildman–Crippen LogP) is 9.70. The third-order valence-electron chi connectivity index (χ3n) is 8.28. The van der Waals surface area contributed by atoms with Crippen molar-refractivity contribution >= 4 is 46.4 Å². The molecule has 2 aromatic carbocycles. The van der Waals surface area contributed by atoms with Crippen LogP contribution in [0.3, 0.4) is 0 Å². The summed E-state index contributed by atoms with van der Waals surface area (Å²) < 4.78 is 15.0. The van der Waals surface area contributed by atoms with Gasteiger partial charge >= 0.3 is 0 Å². The fourth-order valence-corrected chi connectivity index (χ4v) is 6.75. The molecule has 0 bridgehead atoms. The molecule has 0 saturated carbocycles. The molecule has 1 saturated heterocycles. The second kappa shape index (κ2) is 18.3. The van der Waals surface area contributed by atoms with E-state index in [0.717, 1.165) is 54.0 Å². The van der Waals surface area contributed by atoms with Gasteiger partial charge in [-0.25, -0.2) is 0 Å². The number of hydrogen-bond donors (Lipinski definition) is 0. The van der Waals surface area contributed by atoms with Gasteiger partial charge in [-0.15, -0.1) is 0 Å². The van der Waals surface area contributed by atoms with E-state index in [1.165, 1.54) is 0 Å². The van der Waals surface area contributed by atoms with Crippen molar-refractivity contribution in [3.8, 4) is 40.5 Å². The number of furan rings is 1. The average Bonchev–Trinajstić information content (AvgIpc) is 3.95. The molecule has 0 spiro atoms. The minimum absolute atomic E-state index is 0.205. The largest absolute Gasteiger partial charge is 0.468 e. The summed E-state index contributed by atoms with van der Waals surface area (Å²) in [7, 11) is 1.99. The highest BCUT2D eigenvalue weighted by Crippen LogP contribution is 2.37. The van der Waals surface area contributed by atoms with Crippen molar-refractivity contribution in [3.05, 3.63) is 117 Å². The summed E-state index contributed by atoms with van der Waals surface area (Å²) in [6, 6.07) is 21.3. The molecule has 9 nitrogen and oxygen atoms in total. The van der Waals surface area contributed by atoms with E-state index in [1.807, 2.05) is 71.2 Å². The minimum atomic E-state index is 0.205. The first-order valence-electron chi connectivity index (χ1n) is 16.2. The molecule has 3 aromatic heterocycles. The second-order valence-corrected chi connectivity index (χ2v) is 13.7. The van der Waals surface area contributed by atoms with E-state index in [9.17, 15) is 10.5 Å². The Hall–Kier alpha value is -4.21. The number of hydrogen-bond acceptors (Lipinski definition) is 7. The molecule has 4 heterocycles. The van der Waals surface area contributed by atoms with Crippen LogP contribution in [0.1, 0.15) is 36.1 Å². The number of ether oxygens (including phenoxy) is 1. The zero-order valence-corrected chi connectivity index (χ0v) is 30.9. The normalized spacial score (nSPS) is 13.8. The minimum Gasteiger partial charge on any atom is -0.468 e. The van der Waals surface area contributed by atoms with Crippen molar-refractivity contribution in [2.45, 2.75) is 45.2 Å². The molecule has 1 fully saturated rings. The van der Waals surface area contributed by atoms with Crippen molar-refractivity contribution in [2.24, 2.45) is 0 Å². The Morgan fingerprint density at radius 3 is 1.90 bits per heavy atom. The molecule has 1 aliphatic heterocycles. The Bertz CT molecular complexity index is 2050. The summed E-state index contributed by atoms with van der Waals surface area (Å²) in [6.07, 6.45) is 11.9. The smallest absolute Gasteiger partial charge is 0.117 e. The topological polar surface area (TPSA) is 110 Å². The molecule has 1 atom stereocenters. The van der Waals surface area contributed by atoms with Crippen LogP contribution in [0.25, 0.3) is 22.3 Å². The summed E-state index contributed by atoms with van der Waals surface area (Å²) in [4.78, 5) is 4.27. The fraction of sp³-hybridized carbons (Fsp3) is 0.289. The first-order valence-corrected chi connectivity index (χ1v) is 17.7. The van der Waals surface area contributed by atoms with Crippen molar-refractivity contribution < 1.29 is 9.15 Å². The van der Waals surface area contributed by atoms with Gasteiger partial charge in [-0.05, 0) is 44.2 Å². The Labute approximate surface area is 317 Å². The summed E-state index contributed by atoms with van der Waals surface area (Å²) in [5.41, 5.74) is 4.12. The van der Waals surface area contributed by atoms with Gasteiger partial charge in [-0.1, -0.05) is 70.7 Å². The third-order valence-corrected chi connectivity index (χ3v) is 9.92. The van der Waals surface area contributed by atoms with Crippen LogP contribution in [-0.4, -0.2) is 51.8 Å². The Morgan fingerprint density at radius 1 is 0.784 bits per heavy atom. The van der Waals surface area contributed by atoms with E-state index in [2.05, 4.69) is 28.0 Å². The average molecular weight is 764 g/mol. The van der Waals surface area contributed by atoms with Crippen LogP contribution in [0.2, 0.25) is 20.1 Å². The first kappa shape index (κ1) is 38.0. The number of benzene rings is 2. The molecule has 0 N–H and O–H groups in total. The van der Waals surface area contributed by atoms with Gasteiger partial charge in [0, 0.05) is 73.2 Å². The van der Waals surface area contributed by atoms with Crippen LogP contribution in [0.4, 0.5) is 0 Å². The fourth-order valence-electron chi connectivity index (χ4n) is 5.94. The lowest BCUT2D eigenvalue weighted by atomic mass is 10.1. The van der Waals surface area contributed by atoms with E-state index >= 15 is 0 Å². The molecule has 0 aliphatic carbocycles. The molecule has 0 radical (unpaired) electrons. The number of rotatable bonds is 12. The van der Waals surface area contributed by atoms with Crippen molar-refractivity contribution in [2.75, 3.05) is 26.7 Å². The van der Waals surface area contributed by atoms with E-state index in [-0.39, 0.29) is 6.10 Å². The van der Waals surface area contributed by atoms with E-state index < -0.39 is 0 Å². The first-order chi connectivity index (χ1) is 24.7. The highest BCUT2D eigenvalue weighted by Gasteiger charge is 2.21. The van der Waals surface area contributed by atoms with Gasteiger partial charge in [0.05, 0.1) is 69.5 Å². The van der Waals surface area contributed by atoms with Gasteiger partial charge in [-0.3, -0.25) is 9.80 Å². The lowest BCUT2D eigenvalue weighted by molar-refractivity contribution is 0.0631. The molecular weight excluding hydrogens is 728 g/mol. The highest BCUT2D eigenvalue weighted by atomic mass is 35.5. The van der Waals surface area contributed by atoms with Gasteiger partial charge in [0.25, 0.3) is 0 Å². The quantitative estimate of drug-likeness (QED) is 0.124. The summed E-state index contributed by atoms with van der Waals surface area (Å²) >= 11 is 24.9. The van der Waals surface area contributed by atoms with Gasteiger partial charge in [-0.2, -0.15) is 15.8 Å². The molecule has 1 unspecified atom stereocenters. The van der Waals surface area contributed by atoms with Crippen LogP contribution in [0, 0.1) is 34.0 Å². The van der Waals surface area contributed by atoms with Gasteiger partial charge in [0.2, 0.25) is 0 Å². The zero-order chi connectivity index (χ0) is 36.3. The second-order valence-electron chi connectivity index (χ2n) is 12.1. The Morgan fingerprint density at radius 2 is 1.39 bits per heavy atom. The van der Waals surface area contributed by atoms with Crippen LogP contribution in [0.5, 0.6) is 0 Å². The van der Waals surface area contributed by atoms with Crippen LogP contribution >= 0.6 is 46.4 Å². The molecule has 1 aliphatic rings. The standard InChI is InChI=1S/C20H20Cl2N4O.C18H15Cl2N3O/c21-19-6-1-5-17(20(19)22)18-13-26(11-15(18)10-24)14-25(8-3-7-23)12-16-4-2-9-27-16;1-22(10-14-4-3-7-24-14)12-23-9-13(8-21)16(11-23)15-5-2-6-17(19)18(15)20/h1,5-6,11,13,16H,2-4,8-9,12,14H2;2-7,9,11H,10,12H2,1H3. The number of halogens is 4. The maximum atomic E-state index is 9.54. The summed E-state index contributed by atoms with van der Waals surface area (Å²) in [5, 5.41) is 29.7. The highest BCUT2D eigenvalue weighted by molar-refractivity contribution is 6.44. The molecule has 0 amide bonds. The van der Waals surface area contributed by atoms with E-state index in [0.29, 0.717) is 64.1 Å². The van der Waals surface area contributed by atoms with Gasteiger partial charge < -0.3 is 18.3 Å². The van der Waals surface area contributed by atoms with E-state index in [1.54, 1.807) is 24.6 Å². The van der Waals surface area contributed by atoms with Crippen LogP contribution in [-0.2, 0) is 24.6 Å². The molecular formula is C38H35Cl4N7O2. The number of nitrogens with zero attached hydrogens (tertiary/aromatic N) is 7. The maximum Gasteiger partial charge on any atom is 0.117 e. The van der Waals surface area contributed by atoms with Crippen molar-refractivity contribution in [1.29, 1.82) is 15.8 Å². The van der Waals surface area contributed by atoms with Crippen molar-refractivity contribution in [1.82, 2.24) is 18.9 Å². The summed E-state index contributed by atoms with van der Waals surface area (Å²) in [5.74, 6) is 0.892. The van der Waals surface area contributed by atoms with Crippen LogP contribution in [0.15, 0.2) is 84.0 Å². The molecule has 5 aromatic rings. The molecule has 262 valence electrons. The molecule has 51 heavy (non-hydrogen) atoms. The molecule has 13 heteroatoms. The Balaban J connectivity index is 0.000000199. The number of aromatic nitrogens is 2. The monoisotopic (exact) mass is 761 g/mol. The van der Waals surface area contributed by atoms with Crippen LogP contribution < -0.4 is 0 Å². The number of nitriles is 3. The van der Waals surface area contributed by atoms with E-state index in [4.69, 9.17) is 60.8 Å². The lowest BCUT2D eigenvalue weighted by Crippen LogP contribution is -2.34. The zero-order valence-electron chi connectivity index (χ0n) is 27.9. The summed E-state index contributed by atoms with van der Waals surface area (Å²) in [6.45, 7) is 4.11.